The number of benzene rings is 3. The number of carbonyl (C=O) groups excluding carboxylic acids is 1. The molecular formula is C23H20N4O3S3. The Bertz CT molecular complexity index is 1360. The third-order valence-electron chi connectivity index (χ3n) is 4.54. The molecule has 1 heterocycles. The molecule has 33 heavy (non-hydrogen) atoms. The predicted octanol–water partition coefficient (Wildman–Crippen LogP) is 5.19. The number of nitrogens with one attached hydrogen (secondary N) is 2. The molecule has 0 saturated heterocycles. The summed E-state index contributed by atoms with van der Waals surface area (Å²) in [5.41, 5.74) is 2.73. The normalized spacial score (nSPS) is 11.2. The van der Waals surface area contributed by atoms with Gasteiger partial charge in [-0.15, -0.1) is 10.2 Å². The van der Waals surface area contributed by atoms with E-state index in [2.05, 4.69) is 20.2 Å². The zero-order valence-electron chi connectivity index (χ0n) is 17.6. The van der Waals surface area contributed by atoms with Crippen LogP contribution in [0.15, 0.2) is 88.1 Å². The molecule has 1 aromatic heterocycles. The van der Waals surface area contributed by atoms with E-state index >= 15 is 0 Å². The van der Waals surface area contributed by atoms with Crippen molar-refractivity contribution in [2.45, 2.75) is 21.9 Å². The fourth-order valence-electron chi connectivity index (χ4n) is 2.86. The molecule has 4 rings (SSSR count). The average Bonchev–Trinajstić information content (AvgIpc) is 3.26. The quantitative estimate of drug-likeness (QED) is 0.257. The molecule has 2 N–H and O–H groups in total. The van der Waals surface area contributed by atoms with Gasteiger partial charge in [0, 0.05) is 17.0 Å². The number of hydrogen-bond donors (Lipinski definition) is 2. The third kappa shape index (κ3) is 6.19. The van der Waals surface area contributed by atoms with Crippen molar-refractivity contribution in [3.8, 4) is 0 Å². The van der Waals surface area contributed by atoms with Crippen LogP contribution in [0.5, 0.6) is 0 Å². The fourth-order valence-corrected chi connectivity index (χ4v) is 5.61. The van der Waals surface area contributed by atoms with E-state index in [9.17, 15) is 13.2 Å². The molecule has 0 aliphatic heterocycles. The number of hydrogen-bond acceptors (Lipinski definition) is 7. The van der Waals surface area contributed by atoms with Gasteiger partial charge in [-0.3, -0.25) is 14.8 Å². The van der Waals surface area contributed by atoms with Crippen molar-refractivity contribution >= 4 is 49.8 Å². The van der Waals surface area contributed by atoms with Crippen molar-refractivity contribution in [2.75, 3.05) is 10.0 Å². The summed E-state index contributed by atoms with van der Waals surface area (Å²) in [5.74, 6) is 0.356. The highest BCUT2D eigenvalue weighted by Gasteiger charge is 2.16. The first-order chi connectivity index (χ1) is 15.9. The molecule has 10 heteroatoms. The van der Waals surface area contributed by atoms with Gasteiger partial charge >= 0.3 is 0 Å². The van der Waals surface area contributed by atoms with E-state index in [-0.39, 0.29) is 4.90 Å². The number of rotatable bonds is 8. The van der Waals surface area contributed by atoms with Gasteiger partial charge in [0.2, 0.25) is 5.13 Å². The summed E-state index contributed by atoms with van der Waals surface area (Å²) in [4.78, 5) is 12.8. The van der Waals surface area contributed by atoms with Crippen LogP contribution in [0.1, 0.15) is 21.5 Å². The van der Waals surface area contributed by atoms with Gasteiger partial charge in [-0.25, -0.2) is 8.42 Å². The highest BCUT2D eigenvalue weighted by atomic mass is 32.2. The van der Waals surface area contributed by atoms with Crippen LogP contribution < -0.4 is 10.0 Å². The monoisotopic (exact) mass is 496 g/mol. The largest absolute Gasteiger partial charge is 0.296 e. The first kappa shape index (κ1) is 23.0. The highest BCUT2D eigenvalue weighted by Crippen LogP contribution is 2.28. The number of carbonyl (C=O) groups is 1. The third-order valence-corrected chi connectivity index (χ3v) is 7.98. The minimum Gasteiger partial charge on any atom is -0.296 e. The van der Waals surface area contributed by atoms with Crippen LogP contribution in [0.4, 0.5) is 10.8 Å². The zero-order valence-corrected chi connectivity index (χ0v) is 20.0. The van der Waals surface area contributed by atoms with Crippen LogP contribution in [0.25, 0.3) is 0 Å². The van der Waals surface area contributed by atoms with Crippen molar-refractivity contribution in [3.63, 3.8) is 0 Å². The predicted molar refractivity (Wildman–Crippen MR) is 132 cm³/mol. The van der Waals surface area contributed by atoms with Crippen molar-refractivity contribution in [1.82, 2.24) is 10.2 Å². The van der Waals surface area contributed by atoms with E-state index in [1.807, 2.05) is 37.3 Å². The summed E-state index contributed by atoms with van der Waals surface area (Å²) in [6.45, 7) is 1.88. The second-order valence-corrected chi connectivity index (χ2v) is 11.0. The Labute approximate surface area is 200 Å². The van der Waals surface area contributed by atoms with Gasteiger partial charge in [-0.2, -0.15) is 0 Å². The van der Waals surface area contributed by atoms with Crippen molar-refractivity contribution < 1.29 is 13.2 Å². The van der Waals surface area contributed by atoms with Crippen molar-refractivity contribution in [1.29, 1.82) is 0 Å². The Kier molecular flexibility index (Phi) is 7.07. The Morgan fingerprint density at radius 2 is 1.73 bits per heavy atom. The van der Waals surface area contributed by atoms with Gasteiger partial charge in [0.15, 0.2) is 4.34 Å². The molecule has 0 unspecified atom stereocenters. The van der Waals surface area contributed by atoms with Crippen LogP contribution in [-0.2, 0) is 15.8 Å². The van der Waals surface area contributed by atoms with Gasteiger partial charge in [-0.05, 0) is 42.8 Å². The SMILES string of the molecule is Cc1ccc(S(=O)(=O)Nc2cccc(C(=O)Nc3nnc(SCc4ccccc4)s3)c2)cc1. The molecule has 1 amide bonds. The van der Waals surface area contributed by atoms with E-state index in [4.69, 9.17) is 0 Å². The lowest BCUT2D eigenvalue weighted by Crippen LogP contribution is -2.15. The second-order valence-electron chi connectivity index (χ2n) is 7.10. The van der Waals surface area contributed by atoms with Gasteiger partial charge in [0.25, 0.3) is 15.9 Å². The summed E-state index contributed by atoms with van der Waals surface area (Å²) < 4.78 is 28.5. The van der Waals surface area contributed by atoms with Crippen molar-refractivity contribution in [2.24, 2.45) is 0 Å². The molecule has 0 radical (unpaired) electrons. The van der Waals surface area contributed by atoms with Crippen LogP contribution in [0.2, 0.25) is 0 Å². The molecular weight excluding hydrogens is 476 g/mol. The molecule has 7 nitrogen and oxygen atoms in total. The maximum Gasteiger partial charge on any atom is 0.261 e. The first-order valence-electron chi connectivity index (χ1n) is 9.90. The minimum atomic E-state index is -3.76. The lowest BCUT2D eigenvalue weighted by atomic mass is 10.2. The smallest absolute Gasteiger partial charge is 0.261 e. The Morgan fingerprint density at radius 3 is 2.48 bits per heavy atom. The number of amides is 1. The molecule has 168 valence electrons. The van der Waals surface area contributed by atoms with Crippen LogP contribution in [0.3, 0.4) is 0 Å². The molecule has 0 bridgehead atoms. The van der Waals surface area contributed by atoms with E-state index in [1.54, 1.807) is 42.1 Å². The lowest BCUT2D eigenvalue weighted by Gasteiger charge is -2.09. The second kappa shape index (κ2) is 10.2. The molecule has 0 fully saturated rings. The summed E-state index contributed by atoms with van der Waals surface area (Å²) in [7, 11) is -3.76. The van der Waals surface area contributed by atoms with Gasteiger partial charge in [-0.1, -0.05) is 77.2 Å². The number of nitrogens with zero attached hydrogens (tertiary/aromatic N) is 2. The van der Waals surface area contributed by atoms with Gasteiger partial charge in [0.1, 0.15) is 0 Å². The molecule has 0 spiro atoms. The highest BCUT2D eigenvalue weighted by molar-refractivity contribution is 8.00. The van der Waals surface area contributed by atoms with Crippen LogP contribution >= 0.6 is 23.1 Å². The summed E-state index contributed by atoms with van der Waals surface area (Å²) in [6, 6.07) is 22.8. The standard InChI is InChI=1S/C23H20N4O3S3/c1-16-10-12-20(13-11-16)33(29,30)27-19-9-5-8-18(14-19)21(28)24-22-25-26-23(32-22)31-15-17-6-3-2-4-7-17/h2-14,27H,15H2,1H3,(H,24,25,28). The molecule has 0 aliphatic carbocycles. The molecule has 0 aliphatic rings. The number of aromatic nitrogens is 2. The summed E-state index contributed by atoms with van der Waals surface area (Å²) in [6.07, 6.45) is 0. The Hall–Kier alpha value is -3.21. The molecule has 0 saturated carbocycles. The average molecular weight is 497 g/mol. The first-order valence-corrected chi connectivity index (χ1v) is 13.2. The van der Waals surface area contributed by atoms with E-state index in [0.29, 0.717) is 16.4 Å². The van der Waals surface area contributed by atoms with E-state index in [0.717, 1.165) is 15.7 Å². The topological polar surface area (TPSA) is 101 Å². The lowest BCUT2D eigenvalue weighted by molar-refractivity contribution is 0.102. The van der Waals surface area contributed by atoms with E-state index in [1.165, 1.54) is 35.1 Å². The number of anilines is 2. The Morgan fingerprint density at radius 1 is 0.970 bits per heavy atom. The van der Waals surface area contributed by atoms with Crippen LogP contribution in [0, 0.1) is 6.92 Å². The summed E-state index contributed by atoms with van der Waals surface area (Å²) in [5, 5.41) is 11.2. The molecule has 0 atom stereocenters. The van der Waals surface area contributed by atoms with Crippen molar-refractivity contribution in [3.05, 3.63) is 95.6 Å². The maximum absolute atomic E-state index is 12.7. The van der Waals surface area contributed by atoms with Gasteiger partial charge < -0.3 is 0 Å². The van der Waals surface area contributed by atoms with Crippen LogP contribution in [-0.4, -0.2) is 24.5 Å². The summed E-state index contributed by atoms with van der Waals surface area (Å²) >= 11 is 2.83. The Balaban J connectivity index is 1.40. The maximum atomic E-state index is 12.7. The zero-order chi connectivity index (χ0) is 23.3. The van der Waals surface area contributed by atoms with E-state index < -0.39 is 15.9 Å². The molecule has 4 aromatic rings. The molecule has 3 aromatic carbocycles. The number of sulfonamides is 1. The van der Waals surface area contributed by atoms with Gasteiger partial charge in [0.05, 0.1) is 4.90 Å². The number of thioether (sulfide) groups is 1. The number of aryl methyl sites for hydroxylation is 1. The minimum absolute atomic E-state index is 0.150. The fraction of sp³-hybridized carbons (Fsp3) is 0.0870.